The molecular formula is C8H17BNO6P. The smallest absolute Gasteiger partial charge is 0.394 e. The maximum atomic E-state index is 11.6. The molecule has 0 aromatic rings. The number of phosphoric ester groups is 1. The third-order valence-corrected chi connectivity index (χ3v) is 3.75. The Kier molecular flexibility index (Phi) is 5.15. The predicted octanol–water partition coefficient (Wildman–Crippen LogP) is -1.24. The molecule has 7 nitrogen and oxygen atoms in total. The number of carbonyl (C=O) groups is 1. The Bertz CT molecular complexity index is 327. The van der Waals surface area contributed by atoms with Gasteiger partial charge in [0.25, 0.3) is 0 Å². The van der Waals surface area contributed by atoms with Gasteiger partial charge >= 0.3 is 7.82 Å². The molecule has 0 radical (unpaired) electrons. The van der Waals surface area contributed by atoms with E-state index in [1.165, 1.54) is 4.90 Å². The van der Waals surface area contributed by atoms with Gasteiger partial charge in [0.15, 0.2) is 0 Å². The summed E-state index contributed by atoms with van der Waals surface area (Å²) in [5.41, 5.74) is 0. The van der Waals surface area contributed by atoms with Crippen LogP contribution in [0, 0.1) is 0 Å². The second-order valence-corrected chi connectivity index (χ2v) is 5.36. The van der Waals surface area contributed by atoms with Crippen LogP contribution in [0.5, 0.6) is 0 Å². The van der Waals surface area contributed by atoms with E-state index in [4.69, 9.17) is 14.5 Å². The van der Waals surface area contributed by atoms with Gasteiger partial charge in [0.1, 0.15) is 7.85 Å². The van der Waals surface area contributed by atoms with Crippen molar-refractivity contribution in [2.45, 2.75) is 24.9 Å². The van der Waals surface area contributed by atoms with Crippen LogP contribution in [0.3, 0.4) is 0 Å². The molecule has 0 aromatic heterocycles. The molecule has 98 valence electrons. The number of hydrogen-bond acceptors (Lipinski definition) is 5. The van der Waals surface area contributed by atoms with Gasteiger partial charge in [-0.2, -0.15) is 0 Å². The SMILES string of the molecule is BCC(=O)N1C[C@H](OP(=O)(O)OC)C[C@H]1CO. The van der Waals surface area contributed by atoms with E-state index >= 15 is 0 Å². The molecule has 1 fully saturated rings. The summed E-state index contributed by atoms with van der Waals surface area (Å²) in [7, 11) is -1.25. The first-order chi connectivity index (χ1) is 7.93. The first-order valence-corrected chi connectivity index (χ1v) is 6.90. The average Bonchev–Trinajstić information content (AvgIpc) is 2.70. The number of phosphoric acid groups is 1. The standard InChI is InChI=1S/C8H17BNO6P/c1-15-17(13,14)16-7-2-6(5-11)10(4-7)8(12)3-9/h6-7,11H,2-5,9H2,1H3,(H,13,14)/t6-,7+/m0/s1. The second kappa shape index (κ2) is 5.97. The van der Waals surface area contributed by atoms with Crippen LogP contribution in [0.4, 0.5) is 0 Å². The topological polar surface area (TPSA) is 96.3 Å². The Morgan fingerprint density at radius 1 is 1.65 bits per heavy atom. The van der Waals surface area contributed by atoms with E-state index in [0.717, 1.165) is 7.11 Å². The summed E-state index contributed by atoms with van der Waals surface area (Å²) in [6, 6.07) is -0.357. The highest BCUT2D eigenvalue weighted by atomic mass is 31.2. The van der Waals surface area contributed by atoms with Crippen molar-refractivity contribution < 1.29 is 28.4 Å². The predicted molar refractivity (Wildman–Crippen MR) is 62.3 cm³/mol. The van der Waals surface area contributed by atoms with Gasteiger partial charge in [0.2, 0.25) is 5.91 Å². The minimum Gasteiger partial charge on any atom is -0.394 e. The maximum Gasteiger partial charge on any atom is 0.472 e. The molecule has 17 heavy (non-hydrogen) atoms. The van der Waals surface area contributed by atoms with E-state index in [9.17, 15) is 9.36 Å². The zero-order chi connectivity index (χ0) is 13.1. The molecule has 1 heterocycles. The van der Waals surface area contributed by atoms with Crippen molar-refractivity contribution in [1.29, 1.82) is 0 Å². The number of hydrogen-bond donors (Lipinski definition) is 2. The molecule has 1 rings (SSSR count). The van der Waals surface area contributed by atoms with Gasteiger partial charge in [0.05, 0.1) is 18.8 Å². The molecule has 1 aliphatic rings. The van der Waals surface area contributed by atoms with Gasteiger partial charge in [-0.15, -0.1) is 0 Å². The van der Waals surface area contributed by atoms with E-state index in [1.807, 2.05) is 0 Å². The quantitative estimate of drug-likeness (QED) is 0.477. The number of aliphatic hydroxyl groups is 1. The number of carbonyl (C=O) groups excluding carboxylic acids is 1. The van der Waals surface area contributed by atoms with Gasteiger partial charge in [-0.25, -0.2) is 4.57 Å². The minimum atomic E-state index is -4.04. The Morgan fingerprint density at radius 3 is 2.76 bits per heavy atom. The monoisotopic (exact) mass is 265 g/mol. The fourth-order valence-corrected chi connectivity index (χ4v) is 2.48. The molecule has 1 aliphatic heterocycles. The van der Waals surface area contributed by atoms with Gasteiger partial charge in [-0.05, 0) is 12.7 Å². The largest absolute Gasteiger partial charge is 0.472 e. The van der Waals surface area contributed by atoms with E-state index in [-0.39, 0.29) is 25.1 Å². The molecule has 0 aromatic carbocycles. The van der Waals surface area contributed by atoms with Crippen molar-refractivity contribution in [1.82, 2.24) is 4.90 Å². The highest BCUT2D eigenvalue weighted by Crippen LogP contribution is 2.45. The Hall–Kier alpha value is -0.395. The molecule has 9 heteroatoms. The Balaban J connectivity index is 2.64. The summed E-state index contributed by atoms with van der Waals surface area (Å²) in [5, 5.41) is 9.14. The lowest BCUT2D eigenvalue weighted by atomic mass is 10.0. The number of nitrogens with zero attached hydrogens (tertiary/aromatic N) is 1. The number of amides is 1. The lowest BCUT2D eigenvalue weighted by Crippen LogP contribution is -2.37. The average molecular weight is 265 g/mol. The number of likely N-dealkylation sites (tertiary alicyclic amines) is 1. The fraction of sp³-hybridized carbons (Fsp3) is 0.875. The van der Waals surface area contributed by atoms with Crippen LogP contribution < -0.4 is 0 Å². The van der Waals surface area contributed by atoms with Crippen LogP contribution >= 0.6 is 7.82 Å². The summed E-state index contributed by atoms with van der Waals surface area (Å²) in [5.74, 6) is -0.111. The third kappa shape index (κ3) is 3.79. The Morgan fingerprint density at radius 2 is 2.29 bits per heavy atom. The van der Waals surface area contributed by atoms with E-state index in [2.05, 4.69) is 4.52 Å². The molecule has 0 bridgehead atoms. The third-order valence-electron chi connectivity index (χ3n) is 2.72. The van der Waals surface area contributed by atoms with Gasteiger partial charge < -0.3 is 14.9 Å². The number of aliphatic hydroxyl groups excluding tert-OH is 1. The Labute approximate surface area is 101 Å². The lowest BCUT2D eigenvalue weighted by Gasteiger charge is -2.22. The van der Waals surface area contributed by atoms with Crippen molar-refractivity contribution in [3.05, 3.63) is 0 Å². The highest BCUT2D eigenvalue weighted by Gasteiger charge is 2.38. The maximum absolute atomic E-state index is 11.6. The molecule has 0 saturated carbocycles. The molecular weight excluding hydrogens is 248 g/mol. The van der Waals surface area contributed by atoms with Gasteiger partial charge in [-0.1, -0.05) is 0 Å². The molecule has 1 unspecified atom stereocenters. The van der Waals surface area contributed by atoms with Gasteiger partial charge in [0, 0.05) is 13.7 Å². The van der Waals surface area contributed by atoms with Crippen molar-refractivity contribution >= 4 is 21.6 Å². The highest BCUT2D eigenvalue weighted by molar-refractivity contribution is 7.47. The molecule has 0 aliphatic carbocycles. The van der Waals surface area contributed by atoms with E-state index in [1.54, 1.807) is 7.85 Å². The lowest BCUT2D eigenvalue weighted by molar-refractivity contribution is -0.130. The fourth-order valence-electron chi connectivity index (χ4n) is 1.86. The van der Waals surface area contributed by atoms with Crippen LogP contribution in [-0.4, -0.2) is 61.1 Å². The van der Waals surface area contributed by atoms with Crippen molar-refractivity contribution in [3.63, 3.8) is 0 Å². The molecule has 1 amide bonds. The summed E-state index contributed by atoms with van der Waals surface area (Å²) < 4.78 is 20.4. The summed E-state index contributed by atoms with van der Waals surface area (Å²) in [6.45, 7) is 0.0140. The first-order valence-electron chi connectivity index (χ1n) is 5.40. The van der Waals surface area contributed by atoms with E-state index < -0.39 is 13.9 Å². The molecule has 1 saturated heterocycles. The van der Waals surface area contributed by atoms with Crippen molar-refractivity contribution in [2.24, 2.45) is 0 Å². The summed E-state index contributed by atoms with van der Waals surface area (Å²) in [6.07, 6.45) is 0.0684. The second-order valence-electron chi connectivity index (χ2n) is 3.85. The van der Waals surface area contributed by atoms with Crippen LogP contribution in [0.25, 0.3) is 0 Å². The zero-order valence-electron chi connectivity index (χ0n) is 9.90. The number of rotatable bonds is 5. The normalized spacial score (nSPS) is 28.1. The molecule has 0 spiro atoms. The van der Waals surface area contributed by atoms with Crippen molar-refractivity contribution in [2.75, 3.05) is 20.3 Å². The van der Waals surface area contributed by atoms with Crippen LogP contribution in [0.2, 0.25) is 6.32 Å². The molecule has 3 atom stereocenters. The van der Waals surface area contributed by atoms with Gasteiger partial charge in [-0.3, -0.25) is 13.8 Å². The van der Waals surface area contributed by atoms with Crippen LogP contribution in [0.1, 0.15) is 6.42 Å². The summed E-state index contributed by atoms with van der Waals surface area (Å²) >= 11 is 0. The van der Waals surface area contributed by atoms with E-state index in [0.29, 0.717) is 12.7 Å². The van der Waals surface area contributed by atoms with Crippen LogP contribution in [0.15, 0.2) is 0 Å². The zero-order valence-corrected chi connectivity index (χ0v) is 10.8. The van der Waals surface area contributed by atoms with Crippen LogP contribution in [-0.2, 0) is 18.4 Å². The minimum absolute atomic E-state index is 0.111. The summed E-state index contributed by atoms with van der Waals surface area (Å²) in [4.78, 5) is 22.2. The first kappa shape index (κ1) is 14.7. The molecule has 2 N–H and O–H groups in total. The van der Waals surface area contributed by atoms with Crippen molar-refractivity contribution in [3.8, 4) is 0 Å².